The maximum Gasteiger partial charge on any atom is 0.221 e. The Kier molecular flexibility index (Phi) is 3.46. The molecule has 21 heavy (non-hydrogen) atoms. The molecule has 2 aromatic carbocycles. The second kappa shape index (κ2) is 5.42. The van der Waals surface area contributed by atoms with Gasteiger partial charge in [-0.05, 0) is 23.3 Å². The van der Waals surface area contributed by atoms with Gasteiger partial charge in [-0.3, -0.25) is 0 Å². The molecule has 0 saturated heterocycles. The Balaban J connectivity index is 2.27. The number of aromatic nitrogens is 1. The maximum absolute atomic E-state index is 10.2. The summed E-state index contributed by atoms with van der Waals surface area (Å²) < 4.78 is 5.27. The lowest BCUT2D eigenvalue weighted by molar-refractivity contribution is 0.403. The summed E-state index contributed by atoms with van der Waals surface area (Å²) in [6.45, 7) is 0.507. The van der Waals surface area contributed by atoms with Crippen LogP contribution in [0.2, 0.25) is 0 Å². The molecule has 3 aromatic rings. The number of nitrogens with two attached hydrogens (primary N) is 1. The van der Waals surface area contributed by atoms with E-state index < -0.39 is 0 Å². The Morgan fingerprint density at radius 3 is 2.57 bits per heavy atom. The molecule has 0 saturated carbocycles. The standard InChI is InChI=1S/C17H16N2O2/c1-21-17-13-3-2-4-15(20)16(13)14(10-19-17)12-7-5-11(9-18)6-8-12/h2-8,10,20H,9,18H2,1H3. The third-order valence-corrected chi connectivity index (χ3v) is 3.55. The molecule has 0 aliphatic rings. The molecule has 0 bridgehead atoms. The fourth-order valence-electron chi connectivity index (χ4n) is 2.46. The number of pyridine rings is 1. The summed E-state index contributed by atoms with van der Waals surface area (Å²) in [6, 6.07) is 13.3. The van der Waals surface area contributed by atoms with Crippen LogP contribution in [0.3, 0.4) is 0 Å². The van der Waals surface area contributed by atoms with Gasteiger partial charge < -0.3 is 15.6 Å². The molecule has 0 radical (unpaired) electrons. The van der Waals surface area contributed by atoms with E-state index in [9.17, 15) is 5.11 Å². The van der Waals surface area contributed by atoms with E-state index in [1.54, 1.807) is 25.4 Å². The van der Waals surface area contributed by atoms with E-state index in [2.05, 4.69) is 4.98 Å². The molecule has 0 amide bonds. The van der Waals surface area contributed by atoms with Crippen LogP contribution in [0.4, 0.5) is 0 Å². The second-order valence-electron chi connectivity index (χ2n) is 4.78. The first-order chi connectivity index (χ1) is 10.2. The zero-order chi connectivity index (χ0) is 14.8. The van der Waals surface area contributed by atoms with Gasteiger partial charge in [0.2, 0.25) is 5.88 Å². The fourth-order valence-corrected chi connectivity index (χ4v) is 2.46. The van der Waals surface area contributed by atoms with Gasteiger partial charge in [0.1, 0.15) is 5.75 Å². The highest BCUT2D eigenvalue weighted by Gasteiger charge is 2.12. The zero-order valence-electron chi connectivity index (χ0n) is 11.7. The van der Waals surface area contributed by atoms with Crippen molar-refractivity contribution in [2.24, 2.45) is 5.73 Å². The normalized spacial score (nSPS) is 10.8. The first kappa shape index (κ1) is 13.4. The molecule has 3 N–H and O–H groups in total. The van der Waals surface area contributed by atoms with Crippen LogP contribution in [0.5, 0.6) is 11.6 Å². The highest BCUT2D eigenvalue weighted by molar-refractivity contribution is 6.02. The lowest BCUT2D eigenvalue weighted by atomic mass is 9.99. The van der Waals surface area contributed by atoms with E-state index in [-0.39, 0.29) is 5.75 Å². The average Bonchev–Trinajstić information content (AvgIpc) is 2.54. The predicted molar refractivity (Wildman–Crippen MR) is 83.3 cm³/mol. The van der Waals surface area contributed by atoms with Crippen LogP contribution in [0.25, 0.3) is 21.9 Å². The number of methoxy groups -OCH3 is 1. The fraction of sp³-hybridized carbons (Fsp3) is 0.118. The van der Waals surface area contributed by atoms with Gasteiger partial charge in [-0.1, -0.05) is 30.3 Å². The minimum atomic E-state index is 0.214. The van der Waals surface area contributed by atoms with Gasteiger partial charge in [-0.2, -0.15) is 0 Å². The van der Waals surface area contributed by atoms with Crippen molar-refractivity contribution in [3.8, 4) is 22.8 Å². The lowest BCUT2D eigenvalue weighted by Crippen LogP contribution is -1.96. The van der Waals surface area contributed by atoms with Crippen molar-refractivity contribution in [1.82, 2.24) is 4.98 Å². The Hall–Kier alpha value is -2.59. The number of benzene rings is 2. The van der Waals surface area contributed by atoms with Gasteiger partial charge in [0.25, 0.3) is 0 Å². The van der Waals surface area contributed by atoms with Crippen LogP contribution in [0, 0.1) is 0 Å². The summed E-state index contributed by atoms with van der Waals surface area (Å²) in [7, 11) is 1.57. The quantitative estimate of drug-likeness (QED) is 0.773. The molecule has 0 unspecified atom stereocenters. The summed E-state index contributed by atoms with van der Waals surface area (Å²) in [5, 5.41) is 11.8. The number of phenolic OH excluding ortho intramolecular Hbond substituents is 1. The number of hydrogen-bond acceptors (Lipinski definition) is 4. The van der Waals surface area contributed by atoms with Crippen LogP contribution in [0.1, 0.15) is 5.56 Å². The van der Waals surface area contributed by atoms with Gasteiger partial charge in [-0.25, -0.2) is 4.98 Å². The minimum Gasteiger partial charge on any atom is -0.507 e. The molecular weight excluding hydrogens is 264 g/mol. The number of nitrogens with zero attached hydrogens (tertiary/aromatic N) is 1. The number of fused-ring (bicyclic) bond motifs is 1. The van der Waals surface area contributed by atoms with E-state index in [4.69, 9.17) is 10.5 Å². The molecule has 4 nitrogen and oxygen atoms in total. The topological polar surface area (TPSA) is 68.4 Å². The number of hydrogen-bond donors (Lipinski definition) is 2. The monoisotopic (exact) mass is 280 g/mol. The summed E-state index contributed by atoms with van der Waals surface area (Å²) in [4.78, 5) is 4.33. The number of aromatic hydroxyl groups is 1. The predicted octanol–water partition coefficient (Wildman–Crippen LogP) is 3.07. The summed E-state index contributed by atoms with van der Waals surface area (Å²) in [5.74, 6) is 0.717. The number of rotatable bonds is 3. The lowest BCUT2D eigenvalue weighted by Gasteiger charge is -2.11. The van der Waals surface area contributed by atoms with Gasteiger partial charge in [0, 0.05) is 29.1 Å². The van der Waals surface area contributed by atoms with Crippen molar-refractivity contribution >= 4 is 10.8 Å². The third kappa shape index (κ3) is 2.30. The van der Waals surface area contributed by atoms with Gasteiger partial charge in [-0.15, -0.1) is 0 Å². The first-order valence-corrected chi connectivity index (χ1v) is 6.68. The number of ether oxygens (including phenoxy) is 1. The van der Waals surface area contributed by atoms with E-state index in [1.807, 2.05) is 30.3 Å². The molecule has 1 aromatic heterocycles. The molecule has 0 aliphatic heterocycles. The van der Waals surface area contributed by atoms with Crippen molar-refractivity contribution < 1.29 is 9.84 Å². The first-order valence-electron chi connectivity index (χ1n) is 6.68. The smallest absolute Gasteiger partial charge is 0.221 e. The largest absolute Gasteiger partial charge is 0.507 e. The van der Waals surface area contributed by atoms with Gasteiger partial charge in [0.05, 0.1) is 7.11 Å². The van der Waals surface area contributed by atoms with Crippen LogP contribution in [-0.2, 0) is 6.54 Å². The van der Waals surface area contributed by atoms with Crippen LogP contribution >= 0.6 is 0 Å². The SMILES string of the molecule is COc1ncc(-c2ccc(CN)cc2)c2c(O)cccc12. The van der Waals surface area contributed by atoms with Crippen molar-refractivity contribution in [1.29, 1.82) is 0 Å². The van der Waals surface area contributed by atoms with E-state index in [0.29, 0.717) is 12.4 Å². The van der Waals surface area contributed by atoms with Crippen molar-refractivity contribution in [3.63, 3.8) is 0 Å². The molecule has 106 valence electrons. The highest BCUT2D eigenvalue weighted by Crippen LogP contribution is 2.37. The van der Waals surface area contributed by atoms with E-state index >= 15 is 0 Å². The summed E-state index contributed by atoms with van der Waals surface area (Å²) >= 11 is 0. The average molecular weight is 280 g/mol. The highest BCUT2D eigenvalue weighted by atomic mass is 16.5. The van der Waals surface area contributed by atoms with Crippen LogP contribution in [-0.4, -0.2) is 17.2 Å². The zero-order valence-corrected chi connectivity index (χ0v) is 11.7. The molecule has 0 spiro atoms. The molecule has 0 aliphatic carbocycles. The molecule has 3 rings (SSSR count). The Morgan fingerprint density at radius 2 is 1.90 bits per heavy atom. The Labute approximate surface area is 122 Å². The molecule has 0 atom stereocenters. The van der Waals surface area contributed by atoms with Crippen LogP contribution < -0.4 is 10.5 Å². The Morgan fingerprint density at radius 1 is 1.14 bits per heavy atom. The Bertz CT molecular complexity index is 783. The van der Waals surface area contributed by atoms with Crippen molar-refractivity contribution in [3.05, 3.63) is 54.2 Å². The van der Waals surface area contributed by atoms with Crippen LogP contribution in [0.15, 0.2) is 48.7 Å². The summed E-state index contributed by atoms with van der Waals surface area (Å²) in [6.07, 6.45) is 1.72. The molecule has 4 heteroatoms. The minimum absolute atomic E-state index is 0.214. The third-order valence-electron chi connectivity index (χ3n) is 3.55. The van der Waals surface area contributed by atoms with Gasteiger partial charge >= 0.3 is 0 Å². The molecular formula is C17H16N2O2. The summed E-state index contributed by atoms with van der Waals surface area (Å²) in [5.41, 5.74) is 8.53. The maximum atomic E-state index is 10.2. The van der Waals surface area contributed by atoms with Crippen molar-refractivity contribution in [2.75, 3.05) is 7.11 Å². The van der Waals surface area contributed by atoms with Crippen molar-refractivity contribution in [2.45, 2.75) is 6.54 Å². The van der Waals surface area contributed by atoms with E-state index in [0.717, 1.165) is 27.5 Å². The second-order valence-corrected chi connectivity index (χ2v) is 4.78. The number of phenols is 1. The molecule has 1 heterocycles. The molecule has 0 fully saturated rings. The van der Waals surface area contributed by atoms with E-state index in [1.165, 1.54) is 0 Å². The van der Waals surface area contributed by atoms with Gasteiger partial charge in [0.15, 0.2) is 0 Å².